The first-order valence-corrected chi connectivity index (χ1v) is 10.6. The van der Waals surface area contributed by atoms with Gasteiger partial charge in [-0.25, -0.2) is 0 Å². The van der Waals surface area contributed by atoms with Crippen LogP contribution in [0.25, 0.3) is 5.76 Å². The highest BCUT2D eigenvalue weighted by atomic mass is 16.5. The predicted octanol–water partition coefficient (Wildman–Crippen LogP) is 4.38. The first-order chi connectivity index (χ1) is 14.8. The smallest absolute Gasteiger partial charge is 0.295 e. The van der Waals surface area contributed by atoms with Gasteiger partial charge in [0.25, 0.3) is 11.7 Å². The normalized spacial score (nSPS) is 21.1. The van der Waals surface area contributed by atoms with E-state index in [1.807, 2.05) is 19.9 Å². The molecule has 0 bridgehead atoms. The van der Waals surface area contributed by atoms with E-state index in [9.17, 15) is 19.8 Å². The number of phenols is 1. The van der Waals surface area contributed by atoms with Crippen LogP contribution in [-0.4, -0.2) is 40.0 Å². The molecule has 0 aromatic heterocycles. The minimum atomic E-state index is -0.763. The van der Waals surface area contributed by atoms with Gasteiger partial charge in [-0.3, -0.25) is 9.59 Å². The predicted molar refractivity (Wildman–Crippen MR) is 117 cm³/mol. The van der Waals surface area contributed by atoms with E-state index in [-0.39, 0.29) is 23.1 Å². The summed E-state index contributed by atoms with van der Waals surface area (Å²) in [5.74, 6) is -1.07. The summed E-state index contributed by atoms with van der Waals surface area (Å²) < 4.78 is 5.52. The van der Waals surface area contributed by atoms with Gasteiger partial charge in [0.1, 0.15) is 17.3 Å². The van der Waals surface area contributed by atoms with Crippen molar-refractivity contribution in [2.45, 2.75) is 51.6 Å². The Balaban J connectivity index is 1.96. The molecule has 0 spiro atoms. The zero-order valence-corrected chi connectivity index (χ0v) is 18.0. The maximum absolute atomic E-state index is 13.2. The zero-order chi connectivity index (χ0) is 22.3. The van der Waals surface area contributed by atoms with Crippen molar-refractivity contribution >= 4 is 17.4 Å². The Labute approximate surface area is 181 Å². The minimum Gasteiger partial charge on any atom is -0.508 e. The molecule has 31 heavy (non-hydrogen) atoms. The van der Waals surface area contributed by atoms with Crippen molar-refractivity contribution in [3.05, 3.63) is 64.2 Å². The third-order valence-electron chi connectivity index (χ3n) is 6.26. The number of Topliss-reactive ketones (excluding diaryl/α,β-unsaturated/α-hetero) is 1. The lowest BCUT2D eigenvalue weighted by atomic mass is 9.93. The van der Waals surface area contributed by atoms with Crippen molar-refractivity contribution in [1.82, 2.24) is 4.90 Å². The van der Waals surface area contributed by atoms with E-state index in [0.717, 1.165) is 36.8 Å². The Bertz CT molecular complexity index is 1080. The first-order valence-electron chi connectivity index (χ1n) is 10.6. The maximum atomic E-state index is 13.2. The Hall–Kier alpha value is -3.28. The lowest BCUT2D eigenvalue weighted by Gasteiger charge is -2.31. The number of carbonyl (C=O) groups excluding carboxylic acids is 2. The van der Waals surface area contributed by atoms with Crippen molar-refractivity contribution in [2.24, 2.45) is 0 Å². The fourth-order valence-electron chi connectivity index (χ4n) is 4.98. The molecule has 162 valence electrons. The van der Waals surface area contributed by atoms with E-state index >= 15 is 0 Å². The highest BCUT2D eigenvalue weighted by molar-refractivity contribution is 6.46. The van der Waals surface area contributed by atoms with Crippen LogP contribution in [0, 0.1) is 13.8 Å². The monoisotopic (exact) mass is 421 g/mol. The molecule has 1 atom stereocenters. The van der Waals surface area contributed by atoms with Crippen molar-refractivity contribution in [3.8, 4) is 11.5 Å². The molecule has 1 heterocycles. The lowest BCUT2D eigenvalue weighted by molar-refractivity contribution is -0.141. The van der Waals surface area contributed by atoms with E-state index in [1.54, 1.807) is 29.2 Å². The van der Waals surface area contributed by atoms with Crippen molar-refractivity contribution < 1.29 is 24.5 Å². The number of rotatable bonds is 4. The number of aliphatic hydroxyl groups is 1. The summed E-state index contributed by atoms with van der Waals surface area (Å²) in [6.07, 6.45) is 3.61. The van der Waals surface area contributed by atoms with Gasteiger partial charge >= 0.3 is 0 Å². The number of aryl methyl sites for hydroxylation is 2. The van der Waals surface area contributed by atoms with Gasteiger partial charge in [-0.1, -0.05) is 31.0 Å². The van der Waals surface area contributed by atoms with Gasteiger partial charge < -0.3 is 19.8 Å². The number of carbonyl (C=O) groups is 2. The number of hydrogen-bond acceptors (Lipinski definition) is 5. The maximum Gasteiger partial charge on any atom is 0.295 e. The fraction of sp³-hybridized carbons (Fsp3) is 0.360. The van der Waals surface area contributed by atoms with Crippen LogP contribution in [0.2, 0.25) is 0 Å². The van der Waals surface area contributed by atoms with E-state index in [1.165, 1.54) is 13.2 Å². The summed E-state index contributed by atoms with van der Waals surface area (Å²) in [6.45, 7) is 3.76. The van der Waals surface area contributed by atoms with Crippen LogP contribution >= 0.6 is 0 Å². The lowest BCUT2D eigenvalue weighted by Crippen LogP contribution is -2.37. The standard InChI is InChI=1S/C25H27NO5/c1-14-11-15(2)24(31-3)19(12-14)22(28)20-21(16-7-6-10-18(27)13-16)26(25(30)23(20)29)17-8-4-5-9-17/h6-7,10-13,17,21,27-28H,4-5,8-9H2,1-3H3/b22-20+. The average molecular weight is 421 g/mol. The third kappa shape index (κ3) is 3.56. The van der Waals surface area contributed by atoms with E-state index in [0.29, 0.717) is 16.9 Å². The number of likely N-dealkylation sites (tertiary alicyclic amines) is 1. The second-order valence-electron chi connectivity index (χ2n) is 8.40. The number of ether oxygens (including phenoxy) is 1. The first kappa shape index (κ1) is 21.0. The van der Waals surface area contributed by atoms with E-state index < -0.39 is 17.7 Å². The molecule has 1 aliphatic heterocycles. The second kappa shape index (κ2) is 8.10. The number of ketones is 1. The van der Waals surface area contributed by atoms with Crippen molar-refractivity contribution in [3.63, 3.8) is 0 Å². The summed E-state index contributed by atoms with van der Waals surface area (Å²) >= 11 is 0. The summed E-state index contributed by atoms with van der Waals surface area (Å²) in [7, 11) is 1.51. The van der Waals surface area contributed by atoms with Gasteiger partial charge in [0.2, 0.25) is 0 Å². The topological polar surface area (TPSA) is 87.1 Å². The molecule has 2 aromatic carbocycles. The molecule has 1 aliphatic carbocycles. The molecule has 1 saturated heterocycles. The van der Waals surface area contributed by atoms with Crippen LogP contribution in [0.1, 0.15) is 54.0 Å². The van der Waals surface area contributed by atoms with E-state index in [4.69, 9.17) is 4.74 Å². The Morgan fingerprint density at radius 2 is 1.81 bits per heavy atom. The number of nitrogens with zero attached hydrogens (tertiary/aromatic N) is 1. The van der Waals surface area contributed by atoms with Crippen LogP contribution in [0.15, 0.2) is 42.0 Å². The van der Waals surface area contributed by atoms with Gasteiger partial charge in [0, 0.05) is 6.04 Å². The van der Waals surface area contributed by atoms with Gasteiger partial charge in [-0.2, -0.15) is 0 Å². The SMILES string of the molecule is COc1c(C)cc(C)cc1/C(O)=C1\C(=O)C(=O)N(C2CCCC2)C1c1cccc(O)c1. The molecule has 1 saturated carbocycles. The third-order valence-corrected chi connectivity index (χ3v) is 6.26. The molecule has 1 unspecified atom stereocenters. The summed E-state index contributed by atoms with van der Waals surface area (Å²) in [4.78, 5) is 27.9. The zero-order valence-electron chi connectivity index (χ0n) is 18.0. The molecule has 6 nitrogen and oxygen atoms in total. The second-order valence-corrected chi connectivity index (χ2v) is 8.40. The number of aromatic hydroxyl groups is 1. The number of methoxy groups -OCH3 is 1. The molecule has 6 heteroatoms. The van der Waals surface area contributed by atoms with Crippen molar-refractivity contribution in [2.75, 3.05) is 7.11 Å². The quantitative estimate of drug-likeness (QED) is 0.435. The van der Waals surface area contributed by atoms with Crippen LogP contribution in [0.3, 0.4) is 0 Å². The minimum absolute atomic E-state index is 0.0331. The highest BCUT2D eigenvalue weighted by Crippen LogP contribution is 2.45. The number of aliphatic hydroxyl groups excluding tert-OH is 1. The Morgan fingerprint density at radius 1 is 1.10 bits per heavy atom. The number of benzene rings is 2. The number of phenolic OH excluding ortho intramolecular Hbond substituents is 1. The molecular weight excluding hydrogens is 394 g/mol. The molecule has 2 aromatic rings. The number of hydrogen-bond donors (Lipinski definition) is 2. The van der Waals surface area contributed by atoms with Gasteiger partial charge in [0.15, 0.2) is 0 Å². The molecule has 2 N–H and O–H groups in total. The number of amides is 1. The fourth-order valence-corrected chi connectivity index (χ4v) is 4.98. The van der Waals surface area contributed by atoms with E-state index in [2.05, 4.69) is 0 Å². The molecule has 4 rings (SSSR count). The molecule has 0 radical (unpaired) electrons. The molecule has 1 amide bonds. The molecule has 2 aliphatic rings. The Morgan fingerprint density at radius 3 is 2.45 bits per heavy atom. The van der Waals surface area contributed by atoms with Gasteiger partial charge in [-0.05, 0) is 61.6 Å². The van der Waals surface area contributed by atoms with Crippen molar-refractivity contribution in [1.29, 1.82) is 0 Å². The van der Waals surface area contributed by atoms with Crippen LogP contribution in [0.5, 0.6) is 11.5 Å². The summed E-state index contributed by atoms with van der Waals surface area (Å²) in [5.41, 5.74) is 2.73. The summed E-state index contributed by atoms with van der Waals surface area (Å²) in [5, 5.41) is 21.4. The molecular formula is C25H27NO5. The Kier molecular flexibility index (Phi) is 5.48. The van der Waals surface area contributed by atoms with Gasteiger partial charge in [-0.15, -0.1) is 0 Å². The van der Waals surface area contributed by atoms with Gasteiger partial charge in [0.05, 0.1) is 24.3 Å². The van der Waals surface area contributed by atoms with Crippen LogP contribution in [0.4, 0.5) is 0 Å². The van der Waals surface area contributed by atoms with Crippen LogP contribution < -0.4 is 4.74 Å². The summed E-state index contributed by atoms with van der Waals surface area (Å²) in [6, 6.07) is 9.38. The largest absolute Gasteiger partial charge is 0.508 e. The van der Waals surface area contributed by atoms with Crippen LogP contribution in [-0.2, 0) is 9.59 Å². The molecule has 2 fully saturated rings. The highest BCUT2D eigenvalue weighted by Gasteiger charge is 2.49. The average Bonchev–Trinajstić information content (AvgIpc) is 3.34.